The highest BCUT2D eigenvalue weighted by molar-refractivity contribution is 7.89. The number of rotatable bonds is 3. The van der Waals surface area contributed by atoms with E-state index < -0.39 is 10.0 Å². The Bertz CT molecular complexity index is 816. The lowest BCUT2D eigenvalue weighted by Crippen LogP contribution is -2.34. The monoisotopic (exact) mass is 357 g/mol. The van der Waals surface area contributed by atoms with Crippen LogP contribution in [-0.4, -0.2) is 36.4 Å². The molecule has 2 aromatic rings. The Morgan fingerprint density at radius 2 is 1.96 bits per heavy atom. The molecule has 1 aromatic carbocycles. The summed E-state index contributed by atoms with van der Waals surface area (Å²) in [6.45, 7) is 4.88. The number of aromatic nitrogens is 1. The van der Waals surface area contributed by atoms with Crippen molar-refractivity contribution in [3.05, 3.63) is 30.0 Å². The van der Waals surface area contributed by atoms with Crippen LogP contribution in [-0.2, 0) is 17.1 Å². The number of halogens is 1. The van der Waals surface area contributed by atoms with E-state index in [1.165, 1.54) is 0 Å². The van der Waals surface area contributed by atoms with E-state index in [1.807, 2.05) is 49.7 Å². The van der Waals surface area contributed by atoms with Crippen LogP contribution >= 0.6 is 12.4 Å². The van der Waals surface area contributed by atoms with Crippen molar-refractivity contribution in [1.82, 2.24) is 8.87 Å². The van der Waals surface area contributed by atoms with Crippen LogP contribution in [0, 0.1) is 12.8 Å². The van der Waals surface area contributed by atoms with Crippen molar-refractivity contribution in [2.75, 3.05) is 13.1 Å². The van der Waals surface area contributed by atoms with Crippen LogP contribution in [0.5, 0.6) is 0 Å². The van der Waals surface area contributed by atoms with Gasteiger partial charge in [0, 0.05) is 36.2 Å². The second-order valence-electron chi connectivity index (χ2n) is 6.25. The maximum Gasteiger partial charge on any atom is 0.245 e. The SMILES string of the molecule is Cc1c(S(=O)(=O)N2CC(CN)CC2C)c2ccccc2n1C.Cl. The molecule has 1 fully saturated rings. The van der Waals surface area contributed by atoms with Crippen LogP contribution in [0.2, 0.25) is 0 Å². The fraction of sp³-hybridized carbons (Fsp3) is 0.500. The number of hydrogen-bond acceptors (Lipinski definition) is 3. The molecule has 1 saturated heterocycles. The van der Waals surface area contributed by atoms with Crippen LogP contribution in [0.1, 0.15) is 19.0 Å². The van der Waals surface area contributed by atoms with Crippen LogP contribution in [0.3, 0.4) is 0 Å². The lowest BCUT2D eigenvalue weighted by atomic mass is 10.1. The highest BCUT2D eigenvalue weighted by Crippen LogP contribution is 2.35. The van der Waals surface area contributed by atoms with E-state index in [4.69, 9.17) is 5.73 Å². The summed E-state index contributed by atoms with van der Waals surface area (Å²) in [5.74, 6) is 0.250. The smallest absolute Gasteiger partial charge is 0.245 e. The third-order valence-corrected chi connectivity index (χ3v) is 7.00. The normalized spacial score (nSPS) is 22.4. The van der Waals surface area contributed by atoms with Gasteiger partial charge in [0.1, 0.15) is 4.90 Å². The van der Waals surface area contributed by atoms with E-state index >= 15 is 0 Å². The Morgan fingerprint density at radius 1 is 1.30 bits per heavy atom. The molecule has 0 bridgehead atoms. The first kappa shape index (κ1) is 18.3. The number of benzene rings is 1. The van der Waals surface area contributed by atoms with Crippen molar-refractivity contribution >= 4 is 33.3 Å². The molecule has 2 unspecified atom stereocenters. The summed E-state index contributed by atoms with van der Waals surface area (Å²) in [7, 11) is -1.60. The zero-order valence-electron chi connectivity index (χ0n) is 13.7. The van der Waals surface area contributed by atoms with Gasteiger partial charge in [0.05, 0.1) is 0 Å². The van der Waals surface area contributed by atoms with Gasteiger partial charge in [0.25, 0.3) is 0 Å². The average Bonchev–Trinajstić information content (AvgIpc) is 2.99. The van der Waals surface area contributed by atoms with E-state index in [9.17, 15) is 8.42 Å². The quantitative estimate of drug-likeness (QED) is 0.916. The number of nitrogens with two attached hydrogens (primary N) is 1. The van der Waals surface area contributed by atoms with Crippen molar-refractivity contribution in [2.45, 2.75) is 31.2 Å². The van der Waals surface area contributed by atoms with E-state index in [0.29, 0.717) is 18.0 Å². The summed E-state index contributed by atoms with van der Waals surface area (Å²) >= 11 is 0. The third kappa shape index (κ3) is 2.78. The minimum absolute atomic E-state index is 0. The molecule has 3 rings (SSSR count). The topological polar surface area (TPSA) is 68.3 Å². The number of para-hydroxylation sites is 1. The van der Waals surface area contributed by atoms with Crippen molar-refractivity contribution in [2.24, 2.45) is 18.7 Å². The van der Waals surface area contributed by atoms with Crippen molar-refractivity contribution < 1.29 is 8.42 Å². The number of fused-ring (bicyclic) bond motifs is 1. The molecule has 1 aromatic heterocycles. The maximum atomic E-state index is 13.2. The molecular weight excluding hydrogens is 334 g/mol. The molecule has 2 heterocycles. The fourth-order valence-electron chi connectivity index (χ4n) is 3.54. The minimum atomic E-state index is -3.51. The summed E-state index contributed by atoms with van der Waals surface area (Å²) in [4.78, 5) is 0.440. The Morgan fingerprint density at radius 3 is 2.57 bits per heavy atom. The predicted octanol–water partition coefficient (Wildman–Crippen LogP) is 2.27. The van der Waals surface area contributed by atoms with Crippen molar-refractivity contribution in [1.29, 1.82) is 0 Å². The molecule has 0 amide bonds. The number of aryl methyl sites for hydroxylation is 1. The molecule has 5 nitrogen and oxygen atoms in total. The van der Waals surface area contributed by atoms with Crippen LogP contribution in [0.15, 0.2) is 29.2 Å². The molecule has 2 atom stereocenters. The predicted molar refractivity (Wildman–Crippen MR) is 95.4 cm³/mol. The van der Waals surface area contributed by atoms with Gasteiger partial charge >= 0.3 is 0 Å². The van der Waals surface area contributed by atoms with Gasteiger partial charge in [-0.15, -0.1) is 12.4 Å². The molecule has 1 aliphatic rings. The Hall–Kier alpha value is -1.08. The van der Waals surface area contributed by atoms with Crippen LogP contribution in [0.4, 0.5) is 0 Å². The largest absolute Gasteiger partial charge is 0.347 e. The van der Waals surface area contributed by atoms with Gasteiger partial charge in [-0.2, -0.15) is 4.31 Å². The molecule has 128 valence electrons. The fourth-order valence-corrected chi connectivity index (χ4v) is 5.71. The molecule has 1 aliphatic heterocycles. The first-order valence-corrected chi connectivity index (χ1v) is 9.07. The Labute approximate surface area is 143 Å². The van der Waals surface area contributed by atoms with Gasteiger partial charge in [0.15, 0.2) is 0 Å². The van der Waals surface area contributed by atoms with E-state index in [0.717, 1.165) is 23.0 Å². The second-order valence-corrected chi connectivity index (χ2v) is 8.08. The summed E-state index contributed by atoms with van der Waals surface area (Å²) in [5, 5.41) is 0.797. The molecular formula is C16H24ClN3O2S. The van der Waals surface area contributed by atoms with Gasteiger partial charge in [-0.1, -0.05) is 18.2 Å². The van der Waals surface area contributed by atoms with Crippen molar-refractivity contribution in [3.8, 4) is 0 Å². The van der Waals surface area contributed by atoms with Gasteiger partial charge < -0.3 is 10.3 Å². The number of sulfonamides is 1. The lowest BCUT2D eigenvalue weighted by Gasteiger charge is -2.21. The Balaban J connectivity index is 0.00000192. The number of hydrogen-bond donors (Lipinski definition) is 1. The van der Waals surface area contributed by atoms with E-state index in [1.54, 1.807) is 4.31 Å². The molecule has 0 radical (unpaired) electrons. The lowest BCUT2D eigenvalue weighted by molar-refractivity contribution is 0.404. The van der Waals surface area contributed by atoms with E-state index in [-0.39, 0.29) is 24.4 Å². The summed E-state index contributed by atoms with van der Waals surface area (Å²) in [6, 6.07) is 7.66. The summed E-state index contributed by atoms with van der Waals surface area (Å²) in [5.41, 5.74) is 7.47. The van der Waals surface area contributed by atoms with Gasteiger partial charge in [0.2, 0.25) is 10.0 Å². The summed E-state index contributed by atoms with van der Waals surface area (Å²) in [6.07, 6.45) is 0.833. The highest BCUT2D eigenvalue weighted by Gasteiger charge is 2.39. The van der Waals surface area contributed by atoms with Crippen LogP contribution < -0.4 is 5.73 Å². The number of nitrogens with zero attached hydrogens (tertiary/aromatic N) is 2. The highest BCUT2D eigenvalue weighted by atomic mass is 35.5. The maximum absolute atomic E-state index is 13.2. The minimum Gasteiger partial charge on any atom is -0.347 e. The van der Waals surface area contributed by atoms with Gasteiger partial charge in [-0.05, 0) is 38.8 Å². The molecule has 0 spiro atoms. The molecule has 23 heavy (non-hydrogen) atoms. The first-order valence-electron chi connectivity index (χ1n) is 7.63. The third-order valence-electron chi connectivity index (χ3n) is 4.85. The first-order chi connectivity index (χ1) is 10.4. The standard InChI is InChI=1S/C16H23N3O2S.ClH/c1-11-8-13(9-17)10-19(11)22(20,21)16-12(2)18(3)15-7-5-4-6-14(15)16;/h4-7,11,13H,8-10,17H2,1-3H3;1H. The zero-order chi connectivity index (χ0) is 16.1. The average molecular weight is 358 g/mol. The van der Waals surface area contributed by atoms with Gasteiger partial charge in [-0.3, -0.25) is 0 Å². The van der Waals surface area contributed by atoms with Crippen molar-refractivity contribution in [3.63, 3.8) is 0 Å². The molecule has 0 saturated carbocycles. The molecule has 2 N–H and O–H groups in total. The molecule has 7 heteroatoms. The molecule has 0 aliphatic carbocycles. The zero-order valence-corrected chi connectivity index (χ0v) is 15.3. The summed E-state index contributed by atoms with van der Waals surface area (Å²) < 4.78 is 30.0. The Kier molecular flexibility index (Phi) is 5.11. The van der Waals surface area contributed by atoms with Gasteiger partial charge in [-0.25, -0.2) is 8.42 Å². The van der Waals surface area contributed by atoms with E-state index in [2.05, 4.69) is 0 Å². The second kappa shape index (κ2) is 6.43. The van der Waals surface area contributed by atoms with Crippen LogP contribution in [0.25, 0.3) is 10.9 Å².